The zero-order valence-corrected chi connectivity index (χ0v) is 22.9. The summed E-state index contributed by atoms with van der Waals surface area (Å²) >= 11 is 2.20. The largest absolute Gasteiger partial charge is 0.507 e. The third-order valence-electron chi connectivity index (χ3n) is 5.82. The smallest absolute Gasteiger partial charge is 0.256 e. The highest BCUT2D eigenvalue weighted by Crippen LogP contribution is 2.28. The Morgan fingerprint density at radius 1 is 1.08 bits per heavy atom. The van der Waals surface area contributed by atoms with Crippen LogP contribution in [0.5, 0.6) is 11.5 Å². The second kappa shape index (κ2) is 11.9. The van der Waals surface area contributed by atoms with Crippen LogP contribution in [0.3, 0.4) is 0 Å². The Bertz CT molecular complexity index is 1450. The number of nitrogens with zero attached hydrogens (tertiary/aromatic N) is 1. The van der Waals surface area contributed by atoms with E-state index in [1.807, 2.05) is 19.1 Å². The van der Waals surface area contributed by atoms with Crippen molar-refractivity contribution in [1.82, 2.24) is 10.2 Å². The molecule has 0 saturated carbocycles. The third kappa shape index (κ3) is 6.17. The molecule has 3 aromatic carbocycles. The highest BCUT2D eigenvalue weighted by molar-refractivity contribution is 14.1. The Morgan fingerprint density at radius 3 is 2.39 bits per heavy atom. The molecule has 0 atom stereocenters. The average Bonchev–Trinajstić information content (AvgIpc) is 3.32. The number of methoxy groups -OCH3 is 1. The molecule has 4 rings (SSSR count). The van der Waals surface area contributed by atoms with E-state index in [-0.39, 0.29) is 11.5 Å². The van der Waals surface area contributed by atoms with E-state index in [1.54, 1.807) is 55.6 Å². The molecule has 38 heavy (non-hydrogen) atoms. The van der Waals surface area contributed by atoms with Gasteiger partial charge in [-0.15, -0.1) is 0 Å². The lowest BCUT2D eigenvalue weighted by Crippen LogP contribution is -2.15. The van der Waals surface area contributed by atoms with E-state index in [2.05, 4.69) is 48.7 Å². The van der Waals surface area contributed by atoms with Gasteiger partial charge in [-0.2, -0.15) is 5.10 Å². The van der Waals surface area contributed by atoms with Crippen LogP contribution in [-0.4, -0.2) is 34.2 Å². The average molecular weight is 626 g/mol. The number of aromatic hydroxyl groups is 1. The predicted molar refractivity (Wildman–Crippen MR) is 156 cm³/mol. The number of benzene rings is 3. The SMILES string of the molecule is COc1ccc(C(=O)Nc2ccc(Nc3[nH]nc(NCc4cc(C)c(O)c(CI)c4)c3C(N)=O)cc2)cc1. The van der Waals surface area contributed by atoms with Crippen molar-refractivity contribution >= 4 is 57.4 Å². The van der Waals surface area contributed by atoms with Gasteiger partial charge >= 0.3 is 0 Å². The second-order valence-corrected chi connectivity index (χ2v) is 9.24. The fourth-order valence-electron chi connectivity index (χ4n) is 3.85. The van der Waals surface area contributed by atoms with Gasteiger partial charge in [-0.25, -0.2) is 0 Å². The molecule has 11 heteroatoms. The summed E-state index contributed by atoms with van der Waals surface area (Å²) in [6.07, 6.45) is 0. The van der Waals surface area contributed by atoms with Gasteiger partial charge in [0.2, 0.25) is 0 Å². The van der Waals surface area contributed by atoms with Crippen LogP contribution < -0.4 is 26.4 Å². The number of halogens is 1. The molecule has 196 valence electrons. The standard InChI is InChI=1S/C27H27IN6O4/c1-15-11-16(12-18(13-28)23(15)35)14-30-25-22(24(29)36)26(34-33-25)31-19-5-7-20(8-6-19)32-27(37)17-3-9-21(38-2)10-4-17/h3-12,35H,13-14H2,1-2H3,(H2,29,36)(H,32,37)(H3,30,31,33,34). The maximum atomic E-state index is 12.5. The first-order valence-corrected chi connectivity index (χ1v) is 13.1. The minimum absolute atomic E-state index is 0.187. The van der Waals surface area contributed by atoms with E-state index in [4.69, 9.17) is 10.5 Å². The van der Waals surface area contributed by atoms with Crippen LogP contribution in [0.15, 0.2) is 60.7 Å². The van der Waals surface area contributed by atoms with Crippen molar-refractivity contribution in [1.29, 1.82) is 0 Å². The number of phenols is 1. The predicted octanol–water partition coefficient (Wildman–Crippen LogP) is 5.07. The van der Waals surface area contributed by atoms with Crippen LogP contribution in [0.25, 0.3) is 0 Å². The molecular formula is C27H27IN6O4. The van der Waals surface area contributed by atoms with E-state index in [9.17, 15) is 14.7 Å². The molecule has 1 heterocycles. The van der Waals surface area contributed by atoms with E-state index in [0.29, 0.717) is 51.0 Å². The van der Waals surface area contributed by atoms with E-state index in [0.717, 1.165) is 16.7 Å². The molecule has 0 saturated heterocycles. The summed E-state index contributed by atoms with van der Waals surface area (Å²) in [5.74, 6) is 0.712. The third-order valence-corrected chi connectivity index (χ3v) is 6.64. The Hall–Kier alpha value is -4.26. The molecule has 0 radical (unpaired) electrons. The number of hydrogen-bond acceptors (Lipinski definition) is 7. The van der Waals surface area contributed by atoms with Crippen LogP contribution in [0.2, 0.25) is 0 Å². The first-order chi connectivity index (χ1) is 18.3. The summed E-state index contributed by atoms with van der Waals surface area (Å²) in [4.78, 5) is 24.7. The molecule has 0 unspecified atom stereocenters. The van der Waals surface area contributed by atoms with Gasteiger partial charge in [0, 0.05) is 33.5 Å². The van der Waals surface area contributed by atoms with Gasteiger partial charge in [-0.3, -0.25) is 14.7 Å². The van der Waals surface area contributed by atoms with E-state index < -0.39 is 5.91 Å². The van der Waals surface area contributed by atoms with Crippen molar-refractivity contribution in [3.63, 3.8) is 0 Å². The molecular weight excluding hydrogens is 599 g/mol. The number of carbonyl (C=O) groups is 2. The second-order valence-electron chi connectivity index (χ2n) is 8.48. The Labute approximate surface area is 233 Å². The molecule has 0 aliphatic rings. The summed E-state index contributed by atoms with van der Waals surface area (Å²) in [5.41, 5.74) is 10.2. The maximum Gasteiger partial charge on any atom is 0.256 e. The number of aromatic nitrogens is 2. The molecule has 0 bridgehead atoms. The first-order valence-electron chi connectivity index (χ1n) is 11.6. The normalized spacial score (nSPS) is 10.6. The summed E-state index contributed by atoms with van der Waals surface area (Å²) in [5, 5.41) is 26.3. The molecule has 4 aromatic rings. The number of aromatic amines is 1. The highest BCUT2D eigenvalue weighted by Gasteiger charge is 2.19. The lowest BCUT2D eigenvalue weighted by molar-refractivity contribution is 0.0999. The molecule has 1 aromatic heterocycles. The van der Waals surface area contributed by atoms with Gasteiger partial charge in [-0.05, 0) is 72.6 Å². The number of nitrogens with one attached hydrogen (secondary N) is 4. The van der Waals surface area contributed by atoms with E-state index in [1.165, 1.54) is 0 Å². The van der Waals surface area contributed by atoms with Crippen LogP contribution >= 0.6 is 22.6 Å². The summed E-state index contributed by atoms with van der Waals surface area (Å²) in [7, 11) is 1.57. The number of nitrogens with two attached hydrogens (primary N) is 1. The lowest BCUT2D eigenvalue weighted by atomic mass is 10.1. The number of amides is 2. The minimum Gasteiger partial charge on any atom is -0.507 e. The number of phenolic OH excluding ortho intramolecular Hbond substituents is 1. The number of alkyl halides is 1. The van der Waals surface area contributed by atoms with Crippen molar-refractivity contribution in [2.75, 3.05) is 23.1 Å². The van der Waals surface area contributed by atoms with Crippen molar-refractivity contribution in [3.05, 3.63) is 88.5 Å². The number of carbonyl (C=O) groups excluding carboxylic acids is 2. The molecule has 0 aliphatic heterocycles. The van der Waals surface area contributed by atoms with Gasteiger partial charge < -0.3 is 31.5 Å². The van der Waals surface area contributed by atoms with Crippen LogP contribution in [0.1, 0.15) is 37.4 Å². The molecule has 0 fully saturated rings. The van der Waals surface area contributed by atoms with Crippen LogP contribution in [0, 0.1) is 6.92 Å². The van der Waals surface area contributed by atoms with Crippen molar-refractivity contribution in [3.8, 4) is 11.5 Å². The topological polar surface area (TPSA) is 154 Å². The zero-order chi connectivity index (χ0) is 27.2. The molecule has 2 amide bonds. The molecule has 10 nitrogen and oxygen atoms in total. The molecule has 0 spiro atoms. The fraction of sp³-hybridized carbons (Fsp3) is 0.148. The number of anilines is 4. The number of H-pyrrole nitrogens is 1. The Kier molecular flexibility index (Phi) is 8.36. The van der Waals surface area contributed by atoms with Gasteiger partial charge in [0.15, 0.2) is 5.82 Å². The van der Waals surface area contributed by atoms with Crippen molar-refractivity contribution < 1.29 is 19.4 Å². The zero-order valence-electron chi connectivity index (χ0n) is 20.8. The van der Waals surface area contributed by atoms with Crippen molar-refractivity contribution in [2.45, 2.75) is 17.9 Å². The number of aryl methyl sites for hydroxylation is 1. The van der Waals surface area contributed by atoms with Gasteiger partial charge in [-0.1, -0.05) is 28.7 Å². The summed E-state index contributed by atoms with van der Waals surface area (Å²) in [6.45, 7) is 2.23. The van der Waals surface area contributed by atoms with Crippen LogP contribution in [-0.2, 0) is 11.0 Å². The minimum atomic E-state index is -0.651. The number of hydrogen-bond donors (Lipinski definition) is 6. The molecule has 7 N–H and O–H groups in total. The summed E-state index contributed by atoms with van der Waals surface area (Å²) in [6, 6.07) is 17.6. The summed E-state index contributed by atoms with van der Waals surface area (Å²) < 4.78 is 5.79. The van der Waals surface area contributed by atoms with E-state index >= 15 is 0 Å². The van der Waals surface area contributed by atoms with Crippen molar-refractivity contribution in [2.24, 2.45) is 5.73 Å². The fourth-order valence-corrected chi connectivity index (χ4v) is 4.43. The first kappa shape index (κ1) is 26.8. The monoisotopic (exact) mass is 626 g/mol. The van der Waals surface area contributed by atoms with Gasteiger partial charge in [0.05, 0.1) is 7.11 Å². The van der Waals surface area contributed by atoms with Gasteiger partial charge in [0.25, 0.3) is 11.8 Å². The number of primary amides is 1. The Morgan fingerprint density at radius 2 is 1.76 bits per heavy atom. The lowest BCUT2D eigenvalue weighted by Gasteiger charge is -2.11. The van der Waals surface area contributed by atoms with Gasteiger partial charge in [0.1, 0.15) is 22.9 Å². The quantitative estimate of drug-likeness (QED) is 0.106. The maximum absolute atomic E-state index is 12.5. The van der Waals surface area contributed by atoms with Crippen LogP contribution in [0.4, 0.5) is 23.0 Å². The molecule has 0 aliphatic carbocycles. The number of ether oxygens (including phenoxy) is 1. The highest BCUT2D eigenvalue weighted by atomic mass is 127. The Balaban J connectivity index is 1.43. The number of rotatable bonds is 10.